The van der Waals surface area contributed by atoms with E-state index in [2.05, 4.69) is 61.4 Å². The van der Waals surface area contributed by atoms with Gasteiger partial charge < -0.3 is 5.32 Å². The average molecular weight is 288 g/mol. The van der Waals surface area contributed by atoms with Crippen LogP contribution >= 0.6 is 0 Å². The van der Waals surface area contributed by atoms with Gasteiger partial charge in [-0.15, -0.1) is 0 Å². The van der Waals surface area contributed by atoms with Crippen molar-refractivity contribution in [2.24, 2.45) is 0 Å². The zero-order valence-corrected chi connectivity index (χ0v) is 14.0. The first-order chi connectivity index (χ1) is 10.3. The minimum absolute atomic E-state index is 0.446. The van der Waals surface area contributed by atoms with E-state index < -0.39 is 0 Å². The van der Waals surface area contributed by atoms with E-state index in [1.165, 1.54) is 44.1 Å². The first kappa shape index (κ1) is 16.5. The molecule has 0 aromatic heterocycles. The van der Waals surface area contributed by atoms with E-state index in [9.17, 15) is 0 Å². The second-order valence-electron chi connectivity index (χ2n) is 6.42. The molecule has 0 amide bonds. The van der Waals surface area contributed by atoms with Crippen LogP contribution in [0.4, 0.5) is 0 Å². The molecule has 2 rings (SSSR count). The zero-order valence-electron chi connectivity index (χ0n) is 14.0. The molecule has 1 aliphatic rings. The number of benzene rings is 1. The van der Waals surface area contributed by atoms with Gasteiger partial charge in [-0.3, -0.25) is 4.90 Å². The Kier molecular flexibility index (Phi) is 6.72. The summed E-state index contributed by atoms with van der Waals surface area (Å²) in [6.45, 7) is 5.67. The van der Waals surface area contributed by atoms with E-state index in [1.807, 2.05) is 0 Å². The molecule has 2 heteroatoms. The van der Waals surface area contributed by atoms with Crippen LogP contribution in [-0.4, -0.2) is 30.6 Å². The van der Waals surface area contributed by atoms with Gasteiger partial charge in [-0.2, -0.15) is 0 Å². The molecular weight excluding hydrogens is 256 g/mol. The van der Waals surface area contributed by atoms with Crippen molar-refractivity contribution in [2.75, 3.05) is 13.6 Å². The summed E-state index contributed by atoms with van der Waals surface area (Å²) in [5, 5.41) is 3.80. The lowest BCUT2D eigenvalue weighted by atomic mass is 9.94. The van der Waals surface area contributed by atoms with E-state index >= 15 is 0 Å². The number of nitrogens with zero attached hydrogens (tertiary/aromatic N) is 1. The molecule has 1 N–H and O–H groups in total. The molecule has 0 bridgehead atoms. The average Bonchev–Trinajstić information content (AvgIpc) is 3.06. The SMILES string of the molecule is CCCNC(c1ccccc1)C(CC)N(C)C1CCCC1. The number of nitrogens with one attached hydrogen (secondary N) is 1. The molecule has 0 spiro atoms. The van der Waals surface area contributed by atoms with Crippen LogP contribution in [0.15, 0.2) is 30.3 Å². The first-order valence-corrected chi connectivity index (χ1v) is 8.78. The third-order valence-electron chi connectivity index (χ3n) is 5.00. The second-order valence-corrected chi connectivity index (χ2v) is 6.42. The van der Waals surface area contributed by atoms with Crippen molar-refractivity contribution < 1.29 is 0 Å². The van der Waals surface area contributed by atoms with E-state index in [-0.39, 0.29) is 0 Å². The van der Waals surface area contributed by atoms with Gasteiger partial charge in [0.1, 0.15) is 0 Å². The van der Waals surface area contributed by atoms with Gasteiger partial charge in [-0.25, -0.2) is 0 Å². The lowest BCUT2D eigenvalue weighted by Gasteiger charge is -2.38. The van der Waals surface area contributed by atoms with Gasteiger partial charge >= 0.3 is 0 Å². The molecule has 0 radical (unpaired) electrons. The van der Waals surface area contributed by atoms with Crippen LogP contribution in [-0.2, 0) is 0 Å². The topological polar surface area (TPSA) is 15.3 Å². The maximum Gasteiger partial charge on any atom is 0.0478 e. The van der Waals surface area contributed by atoms with Crippen molar-refractivity contribution in [3.8, 4) is 0 Å². The van der Waals surface area contributed by atoms with E-state index in [0.717, 1.165) is 12.6 Å². The minimum atomic E-state index is 0.446. The van der Waals surface area contributed by atoms with E-state index in [1.54, 1.807) is 0 Å². The Bertz CT molecular complexity index is 384. The van der Waals surface area contributed by atoms with Gasteiger partial charge in [0.25, 0.3) is 0 Å². The van der Waals surface area contributed by atoms with Crippen LogP contribution in [0.2, 0.25) is 0 Å². The third kappa shape index (κ3) is 4.31. The molecule has 21 heavy (non-hydrogen) atoms. The summed E-state index contributed by atoms with van der Waals surface area (Å²) in [4.78, 5) is 2.66. The maximum absolute atomic E-state index is 3.80. The molecule has 0 aliphatic heterocycles. The van der Waals surface area contributed by atoms with Crippen molar-refractivity contribution in [3.05, 3.63) is 35.9 Å². The number of hydrogen-bond acceptors (Lipinski definition) is 2. The quantitative estimate of drug-likeness (QED) is 0.763. The van der Waals surface area contributed by atoms with Crippen LogP contribution < -0.4 is 5.32 Å². The molecule has 1 aliphatic carbocycles. The molecule has 2 nitrogen and oxygen atoms in total. The molecule has 1 fully saturated rings. The molecule has 1 saturated carbocycles. The van der Waals surface area contributed by atoms with E-state index in [4.69, 9.17) is 0 Å². The summed E-state index contributed by atoms with van der Waals surface area (Å²) in [7, 11) is 2.34. The molecule has 1 aromatic carbocycles. The number of rotatable bonds is 8. The van der Waals surface area contributed by atoms with Crippen molar-refractivity contribution in [3.63, 3.8) is 0 Å². The summed E-state index contributed by atoms with van der Waals surface area (Å²) in [5.41, 5.74) is 1.43. The van der Waals surface area contributed by atoms with E-state index in [0.29, 0.717) is 12.1 Å². The Balaban J connectivity index is 2.15. The maximum atomic E-state index is 3.80. The summed E-state index contributed by atoms with van der Waals surface area (Å²) in [6.07, 6.45) is 7.95. The molecule has 1 aromatic rings. The minimum Gasteiger partial charge on any atom is -0.309 e. The fraction of sp³-hybridized carbons (Fsp3) is 0.684. The van der Waals surface area contributed by atoms with Crippen LogP contribution in [0, 0.1) is 0 Å². The summed E-state index contributed by atoms with van der Waals surface area (Å²) in [6, 6.07) is 12.8. The Morgan fingerprint density at radius 3 is 2.38 bits per heavy atom. The monoisotopic (exact) mass is 288 g/mol. The predicted molar refractivity (Wildman–Crippen MR) is 91.6 cm³/mol. The highest BCUT2D eigenvalue weighted by Crippen LogP contribution is 2.30. The molecule has 0 heterocycles. The van der Waals surface area contributed by atoms with Crippen molar-refractivity contribution in [1.29, 1.82) is 0 Å². The molecule has 0 saturated heterocycles. The third-order valence-corrected chi connectivity index (χ3v) is 5.00. The lowest BCUT2D eigenvalue weighted by Crippen LogP contribution is -2.46. The Morgan fingerprint density at radius 2 is 1.81 bits per heavy atom. The normalized spacial score (nSPS) is 19.0. The standard InChI is InChI=1S/C19H32N2/c1-4-15-20-19(16-11-7-6-8-12-16)18(5-2)21(3)17-13-9-10-14-17/h6-8,11-12,17-20H,4-5,9-10,13-15H2,1-3H3. The fourth-order valence-electron chi connectivity index (χ4n) is 3.78. The van der Waals surface area contributed by atoms with Crippen molar-refractivity contribution in [1.82, 2.24) is 10.2 Å². The second kappa shape index (κ2) is 8.55. The Labute approximate surface area is 130 Å². The zero-order chi connectivity index (χ0) is 15.1. The largest absolute Gasteiger partial charge is 0.309 e. The molecular formula is C19H32N2. The van der Waals surface area contributed by atoms with Gasteiger partial charge in [0, 0.05) is 18.1 Å². The molecule has 118 valence electrons. The fourth-order valence-corrected chi connectivity index (χ4v) is 3.78. The van der Waals surface area contributed by atoms with Crippen molar-refractivity contribution >= 4 is 0 Å². The first-order valence-electron chi connectivity index (χ1n) is 8.78. The molecule has 2 atom stereocenters. The highest BCUT2D eigenvalue weighted by molar-refractivity contribution is 5.21. The van der Waals surface area contributed by atoms with Crippen LogP contribution in [0.25, 0.3) is 0 Å². The number of hydrogen-bond donors (Lipinski definition) is 1. The Morgan fingerprint density at radius 1 is 1.14 bits per heavy atom. The van der Waals surface area contributed by atoms with Crippen molar-refractivity contribution in [2.45, 2.75) is 70.5 Å². The van der Waals surface area contributed by atoms with Crippen LogP contribution in [0.3, 0.4) is 0 Å². The molecule has 2 unspecified atom stereocenters. The van der Waals surface area contributed by atoms with Gasteiger partial charge in [-0.05, 0) is 44.8 Å². The van der Waals surface area contributed by atoms with Gasteiger partial charge in [-0.1, -0.05) is 57.0 Å². The van der Waals surface area contributed by atoms with Crippen LogP contribution in [0.5, 0.6) is 0 Å². The highest BCUT2D eigenvalue weighted by Gasteiger charge is 2.30. The predicted octanol–water partition coefficient (Wildman–Crippen LogP) is 4.38. The van der Waals surface area contributed by atoms with Gasteiger partial charge in [0.15, 0.2) is 0 Å². The van der Waals surface area contributed by atoms with Crippen LogP contribution in [0.1, 0.15) is 64.0 Å². The number of likely N-dealkylation sites (N-methyl/N-ethyl adjacent to an activating group) is 1. The smallest absolute Gasteiger partial charge is 0.0478 e. The highest BCUT2D eigenvalue weighted by atomic mass is 15.2. The van der Waals surface area contributed by atoms with Gasteiger partial charge in [0.05, 0.1) is 0 Å². The summed E-state index contributed by atoms with van der Waals surface area (Å²) in [5.74, 6) is 0. The summed E-state index contributed by atoms with van der Waals surface area (Å²) < 4.78 is 0. The Hall–Kier alpha value is -0.860. The lowest BCUT2D eigenvalue weighted by molar-refractivity contribution is 0.134. The van der Waals surface area contributed by atoms with Gasteiger partial charge in [0.2, 0.25) is 0 Å². The summed E-state index contributed by atoms with van der Waals surface area (Å²) >= 11 is 0.